The lowest BCUT2D eigenvalue weighted by atomic mass is 9.88. The Morgan fingerprint density at radius 2 is 1.74 bits per heavy atom. The molecule has 106 valence electrons. The van der Waals surface area contributed by atoms with Crippen LogP contribution in [0.1, 0.15) is 49.5 Å². The molecule has 0 heterocycles. The van der Waals surface area contributed by atoms with E-state index >= 15 is 0 Å². The van der Waals surface area contributed by atoms with Crippen molar-refractivity contribution in [3.05, 3.63) is 35.1 Å². The topological polar surface area (TPSA) is 17.1 Å². The fraction of sp³-hybridized carbons (Fsp3) is 0.500. The van der Waals surface area contributed by atoms with Gasteiger partial charge in [-0.2, -0.15) is 13.2 Å². The van der Waals surface area contributed by atoms with Gasteiger partial charge in [0.05, 0.1) is 11.1 Å². The molecule has 0 aliphatic heterocycles. The lowest BCUT2D eigenvalue weighted by Gasteiger charge is -2.17. The second-order valence-corrected chi connectivity index (χ2v) is 5.65. The molecule has 0 radical (unpaired) electrons. The number of rotatable bonds is 3. The predicted molar refractivity (Wildman–Crippen MR) is 64.4 cm³/mol. The number of Topliss-reactive ketones (excluding diaryl/α,β-unsaturated/α-hetero) is 1. The molecule has 0 aromatic heterocycles. The Labute approximate surface area is 109 Å². The van der Waals surface area contributed by atoms with E-state index < -0.39 is 28.9 Å². The van der Waals surface area contributed by atoms with Gasteiger partial charge in [0.2, 0.25) is 0 Å². The first-order valence-corrected chi connectivity index (χ1v) is 5.91. The molecule has 5 heteroatoms. The third-order valence-corrected chi connectivity index (χ3v) is 2.71. The van der Waals surface area contributed by atoms with Crippen LogP contribution in [-0.2, 0) is 6.18 Å². The minimum atomic E-state index is -4.79. The maximum Gasteiger partial charge on any atom is 0.419 e. The van der Waals surface area contributed by atoms with Crippen molar-refractivity contribution in [1.29, 1.82) is 0 Å². The van der Waals surface area contributed by atoms with E-state index in [4.69, 9.17) is 0 Å². The first-order valence-electron chi connectivity index (χ1n) is 5.91. The van der Waals surface area contributed by atoms with Crippen LogP contribution in [0.3, 0.4) is 0 Å². The van der Waals surface area contributed by atoms with Crippen LogP contribution in [0.2, 0.25) is 0 Å². The van der Waals surface area contributed by atoms with Crippen LogP contribution in [0.5, 0.6) is 0 Å². The first kappa shape index (κ1) is 15.7. The third kappa shape index (κ3) is 4.33. The van der Waals surface area contributed by atoms with Gasteiger partial charge in [0.25, 0.3) is 0 Å². The SMILES string of the molecule is CC(C)(C)CCC(=O)c1cccc(C(F)(F)F)c1F. The Morgan fingerprint density at radius 3 is 2.21 bits per heavy atom. The summed E-state index contributed by atoms with van der Waals surface area (Å²) in [6.45, 7) is 5.72. The molecular formula is C14H16F4O. The van der Waals surface area contributed by atoms with Crippen LogP contribution in [0.15, 0.2) is 18.2 Å². The highest BCUT2D eigenvalue weighted by Crippen LogP contribution is 2.33. The fourth-order valence-corrected chi connectivity index (χ4v) is 1.59. The van der Waals surface area contributed by atoms with Gasteiger partial charge in [-0.15, -0.1) is 0 Å². The number of hydrogen-bond donors (Lipinski definition) is 0. The summed E-state index contributed by atoms with van der Waals surface area (Å²) in [5.41, 5.74) is -2.01. The number of alkyl halides is 3. The maximum atomic E-state index is 13.7. The van der Waals surface area contributed by atoms with Crippen molar-refractivity contribution in [2.45, 2.75) is 39.8 Å². The van der Waals surface area contributed by atoms with Crippen LogP contribution in [-0.4, -0.2) is 5.78 Å². The molecule has 0 amide bonds. The molecule has 0 saturated carbocycles. The molecule has 0 aliphatic rings. The van der Waals surface area contributed by atoms with Gasteiger partial charge in [-0.05, 0) is 24.0 Å². The van der Waals surface area contributed by atoms with Gasteiger partial charge in [-0.25, -0.2) is 4.39 Å². The molecule has 0 spiro atoms. The zero-order valence-electron chi connectivity index (χ0n) is 11.1. The van der Waals surface area contributed by atoms with Crippen LogP contribution < -0.4 is 0 Å². The second-order valence-electron chi connectivity index (χ2n) is 5.65. The van der Waals surface area contributed by atoms with Gasteiger partial charge in [0.15, 0.2) is 5.78 Å². The van der Waals surface area contributed by atoms with Gasteiger partial charge in [-0.1, -0.05) is 26.8 Å². The van der Waals surface area contributed by atoms with E-state index in [1.54, 1.807) is 0 Å². The molecule has 1 aromatic rings. The van der Waals surface area contributed by atoms with E-state index in [-0.39, 0.29) is 11.8 Å². The summed E-state index contributed by atoms with van der Waals surface area (Å²) in [4.78, 5) is 11.8. The largest absolute Gasteiger partial charge is 0.419 e. The van der Waals surface area contributed by atoms with E-state index in [1.807, 2.05) is 20.8 Å². The molecule has 1 aromatic carbocycles. The molecule has 0 saturated heterocycles. The van der Waals surface area contributed by atoms with Crippen molar-refractivity contribution in [2.75, 3.05) is 0 Å². The quantitative estimate of drug-likeness (QED) is 0.569. The summed E-state index contributed by atoms with van der Waals surface area (Å²) in [6.07, 6.45) is -4.27. The highest BCUT2D eigenvalue weighted by atomic mass is 19.4. The Bertz CT molecular complexity index is 469. The minimum absolute atomic E-state index is 0.0295. The van der Waals surface area contributed by atoms with E-state index in [2.05, 4.69) is 0 Å². The highest BCUT2D eigenvalue weighted by molar-refractivity contribution is 5.96. The van der Waals surface area contributed by atoms with Gasteiger partial charge < -0.3 is 0 Å². The average molecular weight is 276 g/mol. The van der Waals surface area contributed by atoms with Crippen LogP contribution in [0, 0.1) is 11.2 Å². The van der Waals surface area contributed by atoms with Gasteiger partial charge in [0, 0.05) is 6.42 Å². The van der Waals surface area contributed by atoms with E-state index in [0.717, 1.165) is 12.1 Å². The van der Waals surface area contributed by atoms with Crippen LogP contribution in [0.25, 0.3) is 0 Å². The summed E-state index contributed by atoms with van der Waals surface area (Å²) in [7, 11) is 0. The van der Waals surface area contributed by atoms with Crippen molar-refractivity contribution in [2.24, 2.45) is 5.41 Å². The van der Waals surface area contributed by atoms with Crippen molar-refractivity contribution < 1.29 is 22.4 Å². The summed E-state index contributed by atoms with van der Waals surface area (Å²) in [6, 6.07) is 2.78. The molecule has 19 heavy (non-hydrogen) atoms. The normalized spacial score (nSPS) is 12.6. The molecule has 0 aliphatic carbocycles. The number of ketones is 1. The standard InChI is InChI=1S/C14H16F4O/c1-13(2,3)8-7-11(19)9-5-4-6-10(12(9)15)14(16,17)18/h4-6H,7-8H2,1-3H3. The number of hydrogen-bond acceptors (Lipinski definition) is 1. The molecule has 0 fully saturated rings. The maximum absolute atomic E-state index is 13.7. The molecule has 1 rings (SSSR count). The lowest BCUT2D eigenvalue weighted by molar-refractivity contribution is -0.140. The zero-order chi connectivity index (χ0) is 14.8. The summed E-state index contributed by atoms with van der Waals surface area (Å²) >= 11 is 0. The van der Waals surface area contributed by atoms with Crippen LogP contribution in [0.4, 0.5) is 17.6 Å². The van der Waals surface area contributed by atoms with Gasteiger partial charge in [-0.3, -0.25) is 4.79 Å². The number of benzene rings is 1. The fourth-order valence-electron chi connectivity index (χ4n) is 1.59. The second kappa shape index (κ2) is 5.31. The minimum Gasteiger partial charge on any atom is -0.294 e. The molecule has 0 bridgehead atoms. The monoisotopic (exact) mass is 276 g/mol. The van der Waals surface area contributed by atoms with E-state index in [0.29, 0.717) is 12.5 Å². The van der Waals surface area contributed by atoms with Gasteiger partial charge >= 0.3 is 6.18 Å². The van der Waals surface area contributed by atoms with Gasteiger partial charge in [0.1, 0.15) is 5.82 Å². The molecule has 0 unspecified atom stereocenters. The number of carbonyl (C=O) groups is 1. The first-order chi connectivity index (χ1) is 8.52. The molecule has 0 N–H and O–H groups in total. The Morgan fingerprint density at radius 1 is 1.16 bits per heavy atom. The molecule has 1 nitrogen and oxygen atoms in total. The van der Waals surface area contributed by atoms with Crippen molar-refractivity contribution >= 4 is 5.78 Å². The predicted octanol–water partition coefficient (Wildman–Crippen LogP) is 4.85. The van der Waals surface area contributed by atoms with Crippen molar-refractivity contribution in [1.82, 2.24) is 0 Å². The highest BCUT2D eigenvalue weighted by Gasteiger charge is 2.35. The lowest BCUT2D eigenvalue weighted by Crippen LogP contribution is -2.14. The number of carbonyl (C=O) groups excluding carboxylic acids is 1. The Hall–Kier alpha value is -1.39. The Kier molecular flexibility index (Phi) is 4.38. The summed E-state index contributed by atoms with van der Waals surface area (Å²) in [5, 5.41) is 0. The number of halogens is 4. The van der Waals surface area contributed by atoms with Crippen molar-refractivity contribution in [3.8, 4) is 0 Å². The summed E-state index contributed by atoms with van der Waals surface area (Å²) in [5.74, 6) is -2.08. The average Bonchev–Trinajstić information content (AvgIpc) is 2.23. The molecule has 0 atom stereocenters. The molecular weight excluding hydrogens is 260 g/mol. The summed E-state index contributed by atoms with van der Waals surface area (Å²) < 4.78 is 51.2. The Balaban J connectivity index is 2.99. The smallest absolute Gasteiger partial charge is 0.294 e. The van der Waals surface area contributed by atoms with E-state index in [1.165, 1.54) is 0 Å². The zero-order valence-corrected chi connectivity index (χ0v) is 11.1. The van der Waals surface area contributed by atoms with E-state index in [9.17, 15) is 22.4 Å². The van der Waals surface area contributed by atoms with Crippen LogP contribution >= 0.6 is 0 Å². The third-order valence-electron chi connectivity index (χ3n) is 2.71. The van der Waals surface area contributed by atoms with Crippen molar-refractivity contribution in [3.63, 3.8) is 0 Å².